The summed E-state index contributed by atoms with van der Waals surface area (Å²) in [4.78, 5) is 9.40. The molecule has 1 saturated carbocycles. The normalized spacial score (nSPS) is 27.8. The molecule has 0 atom stereocenters. The van der Waals surface area contributed by atoms with E-state index in [0.29, 0.717) is 5.96 Å². The van der Waals surface area contributed by atoms with E-state index in [1.807, 2.05) is 0 Å². The average Bonchev–Trinajstić information content (AvgIpc) is 3.31. The molecule has 0 unspecified atom stereocenters. The van der Waals surface area contributed by atoms with Gasteiger partial charge in [-0.3, -0.25) is 4.99 Å². The topological polar surface area (TPSA) is 54.1 Å². The Kier molecular flexibility index (Phi) is 4.23. The Hall–Kier alpha value is -0.810. The SMILES string of the molecule is NC(=NCC1CCN(C2CC2)CC1)N1CCOCC1. The zero-order valence-corrected chi connectivity index (χ0v) is 11.8. The van der Waals surface area contributed by atoms with E-state index in [1.165, 1.54) is 38.8 Å². The molecular weight excluding hydrogens is 240 g/mol. The average molecular weight is 266 g/mol. The van der Waals surface area contributed by atoms with Crippen LogP contribution >= 0.6 is 0 Å². The first-order valence-electron chi connectivity index (χ1n) is 7.69. The molecule has 2 saturated heterocycles. The summed E-state index contributed by atoms with van der Waals surface area (Å²) in [5.74, 6) is 1.45. The summed E-state index contributed by atoms with van der Waals surface area (Å²) in [6.45, 7) is 6.75. The van der Waals surface area contributed by atoms with E-state index in [1.54, 1.807) is 0 Å². The third-order valence-electron chi connectivity index (χ3n) is 4.56. The number of rotatable bonds is 3. The summed E-state index contributed by atoms with van der Waals surface area (Å²) in [7, 11) is 0. The third-order valence-corrected chi connectivity index (χ3v) is 4.56. The summed E-state index contributed by atoms with van der Waals surface area (Å²) in [6, 6.07) is 0.919. The second kappa shape index (κ2) is 6.09. The van der Waals surface area contributed by atoms with Crippen molar-refractivity contribution >= 4 is 5.96 Å². The molecule has 5 nitrogen and oxygen atoms in total. The highest BCUT2D eigenvalue weighted by molar-refractivity contribution is 5.78. The molecule has 108 valence electrons. The van der Waals surface area contributed by atoms with Gasteiger partial charge in [0.05, 0.1) is 13.2 Å². The molecule has 0 aromatic heterocycles. The van der Waals surface area contributed by atoms with Crippen LogP contribution in [0, 0.1) is 5.92 Å². The van der Waals surface area contributed by atoms with Crippen LogP contribution in [0.25, 0.3) is 0 Å². The Labute approximate surface area is 115 Å². The second-order valence-corrected chi connectivity index (χ2v) is 6.01. The standard InChI is InChI=1S/C14H26N4O/c15-14(18-7-9-19-10-8-18)16-11-12-3-5-17(6-4-12)13-1-2-13/h12-13H,1-11H2,(H2,15,16). The van der Waals surface area contributed by atoms with Gasteiger partial charge in [0.1, 0.15) is 0 Å². The van der Waals surface area contributed by atoms with Crippen molar-refractivity contribution in [3.63, 3.8) is 0 Å². The molecule has 0 spiro atoms. The predicted octanol–water partition coefficient (Wildman–Crippen LogP) is 0.508. The lowest BCUT2D eigenvalue weighted by molar-refractivity contribution is 0.0673. The van der Waals surface area contributed by atoms with Crippen LogP contribution in [-0.4, -0.2) is 67.7 Å². The highest BCUT2D eigenvalue weighted by atomic mass is 16.5. The van der Waals surface area contributed by atoms with Gasteiger partial charge in [0.25, 0.3) is 0 Å². The van der Waals surface area contributed by atoms with Gasteiger partial charge in [-0.1, -0.05) is 0 Å². The molecule has 0 aromatic rings. The van der Waals surface area contributed by atoms with E-state index >= 15 is 0 Å². The molecule has 0 amide bonds. The van der Waals surface area contributed by atoms with Crippen molar-refractivity contribution in [1.29, 1.82) is 0 Å². The van der Waals surface area contributed by atoms with Crippen LogP contribution in [0.1, 0.15) is 25.7 Å². The van der Waals surface area contributed by atoms with Crippen molar-refractivity contribution in [3.05, 3.63) is 0 Å². The quantitative estimate of drug-likeness (QED) is 0.597. The van der Waals surface area contributed by atoms with Gasteiger partial charge in [-0.2, -0.15) is 0 Å². The fourth-order valence-corrected chi connectivity index (χ4v) is 3.06. The van der Waals surface area contributed by atoms with Crippen molar-refractivity contribution in [2.45, 2.75) is 31.7 Å². The molecular formula is C14H26N4O. The Morgan fingerprint density at radius 2 is 1.74 bits per heavy atom. The number of likely N-dealkylation sites (tertiary alicyclic amines) is 1. The van der Waals surface area contributed by atoms with Gasteiger partial charge in [0.15, 0.2) is 5.96 Å². The Morgan fingerprint density at radius 1 is 1.05 bits per heavy atom. The number of ether oxygens (including phenoxy) is 1. The number of aliphatic imine (C=N–C) groups is 1. The minimum absolute atomic E-state index is 0.716. The van der Waals surface area contributed by atoms with Gasteiger partial charge >= 0.3 is 0 Å². The molecule has 5 heteroatoms. The van der Waals surface area contributed by atoms with E-state index in [-0.39, 0.29) is 0 Å². The number of nitrogens with two attached hydrogens (primary N) is 1. The van der Waals surface area contributed by atoms with E-state index in [4.69, 9.17) is 10.5 Å². The molecule has 2 N–H and O–H groups in total. The molecule has 3 fully saturated rings. The van der Waals surface area contributed by atoms with Crippen molar-refractivity contribution < 1.29 is 4.74 Å². The Balaban J connectivity index is 1.41. The van der Waals surface area contributed by atoms with E-state index in [9.17, 15) is 0 Å². The summed E-state index contributed by atoms with van der Waals surface area (Å²) >= 11 is 0. The summed E-state index contributed by atoms with van der Waals surface area (Å²) < 4.78 is 5.33. The van der Waals surface area contributed by atoms with Crippen LogP contribution in [-0.2, 0) is 4.74 Å². The summed E-state index contributed by atoms with van der Waals surface area (Å²) in [5.41, 5.74) is 6.06. The molecule has 2 aliphatic heterocycles. The van der Waals surface area contributed by atoms with Crippen LogP contribution in [0.15, 0.2) is 4.99 Å². The lowest BCUT2D eigenvalue weighted by Crippen LogP contribution is -2.45. The Morgan fingerprint density at radius 3 is 2.37 bits per heavy atom. The van der Waals surface area contributed by atoms with Gasteiger partial charge in [-0.05, 0) is 44.7 Å². The maximum absolute atomic E-state index is 6.06. The number of hydrogen-bond acceptors (Lipinski definition) is 3. The Bertz CT molecular complexity index is 315. The zero-order chi connectivity index (χ0) is 13.1. The first-order valence-corrected chi connectivity index (χ1v) is 7.69. The van der Waals surface area contributed by atoms with Crippen molar-refractivity contribution in [2.75, 3.05) is 45.9 Å². The number of nitrogens with zero attached hydrogens (tertiary/aromatic N) is 3. The van der Waals surface area contributed by atoms with E-state index < -0.39 is 0 Å². The monoisotopic (exact) mass is 266 g/mol. The zero-order valence-electron chi connectivity index (χ0n) is 11.8. The largest absolute Gasteiger partial charge is 0.378 e. The third kappa shape index (κ3) is 3.60. The molecule has 2 heterocycles. The van der Waals surface area contributed by atoms with Crippen LogP contribution in [0.3, 0.4) is 0 Å². The highest BCUT2D eigenvalue weighted by Crippen LogP contribution is 2.30. The maximum atomic E-state index is 6.06. The minimum Gasteiger partial charge on any atom is -0.378 e. The number of morpholine rings is 1. The molecule has 19 heavy (non-hydrogen) atoms. The van der Waals surface area contributed by atoms with Crippen LogP contribution < -0.4 is 5.73 Å². The number of guanidine groups is 1. The first kappa shape index (κ1) is 13.2. The smallest absolute Gasteiger partial charge is 0.191 e. The van der Waals surface area contributed by atoms with Gasteiger partial charge in [-0.15, -0.1) is 0 Å². The maximum Gasteiger partial charge on any atom is 0.191 e. The second-order valence-electron chi connectivity index (χ2n) is 6.01. The highest BCUT2D eigenvalue weighted by Gasteiger charge is 2.31. The fraction of sp³-hybridized carbons (Fsp3) is 0.929. The van der Waals surface area contributed by atoms with Crippen LogP contribution in [0.2, 0.25) is 0 Å². The van der Waals surface area contributed by atoms with Gasteiger partial charge in [0.2, 0.25) is 0 Å². The number of hydrogen-bond donors (Lipinski definition) is 1. The molecule has 0 bridgehead atoms. The molecule has 1 aliphatic carbocycles. The summed E-state index contributed by atoms with van der Waals surface area (Å²) in [5, 5.41) is 0. The predicted molar refractivity (Wildman–Crippen MR) is 76.2 cm³/mol. The van der Waals surface area contributed by atoms with Crippen molar-refractivity contribution in [2.24, 2.45) is 16.6 Å². The van der Waals surface area contributed by atoms with E-state index in [0.717, 1.165) is 44.8 Å². The minimum atomic E-state index is 0.716. The van der Waals surface area contributed by atoms with Crippen molar-refractivity contribution in [1.82, 2.24) is 9.80 Å². The number of piperidine rings is 1. The lowest BCUT2D eigenvalue weighted by atomic mass is 9.97. The molecule has 0 radical (unpaired) electrons. The lowest BCUT2D eigenvalue weighted by Gasteiger charge is -2.32. The van der Waals surface area contributed by atoms with Crippen LogP contribution in [0.5, 0.6) is 0 Å². The van der Waals surface area contributed by atoms with E-state index in [2.05, 4.69) is 14.8 Å². The van der Waals surface area contributed by atoms with Crippen LogP contribution in [0.4, 0.5) is 0 Å². The first-order chi connectivity index (χ1) is 9.33. The van der Waals surface area contributed by atoms with Gasteiger partial charge in [-0.25, -0.2) is 0 Å². The molecule has 0 aromatic carbocycles. The summed E-state index contributed by atoms with van der Waals surface area (Å²) in [6.07, 6.45) is 5.42. The van der Waals surface area contributed by atoms with Crippen molar-refractivity contribution in [3.8, 4) is 0 Å². The molecule has 3 aliphatic rings. The fourth-order valence-electron chi connectivity index (χ4n) is 3.06. The van der Waals surface area contributed by atoms with Gasteiger partial charge < -0.3 is 20.3 Å². The molecule has 3 rings (SSSR count). The van der Waals surface area contributed by atoms with Gasteiger partial charge in [0, 0.05) is 25.7 Å².